The molecule has 0 spiro atoms. The third-order valence-electron chi connectivity index (χ3n) is 3.61. The molecule has 0 atom stereocenters. The molecule has 0 radical (unpaired) electrons. The van der Waals surface area contributed by atoms with Crippen molar-refractivity contribution in [2.45, 2.75) is 0 Å². The van der Waals surface area contributed by atoms with Crippen molar-refractivity contribution in [3.63, 3.8) is 0 Å². The minimum absolute atomic E-state index is 0.470. The van der Waals surface area contributed by atoms with Crippen molar-refractivity contribution in [2.24, 2.45) is 0 Å². The highest BCUT2D eigenvalue weighted by atomic mass is 14.7. The van der Waals surface area contributed by atoms with E-state index in [2.05, 4.69) is 23.2 Å². The van der Waals surface area contributed by atoms with Crippen molar-refractivity contribution < 1.29 is 0 Å². The fraction of sp³-hybridized carbons (Fsp3) is 0. The Morgan fingerprint density at radius 2 is 1.12 bits per heavy atom. The fourth-order valence-corrected chi connectivity index (χ4v) is 2.35. The van der Waals surface area contributed by atoms with Crippen LogP contribution in [0.5, 0.6) is 0 Å². The van der Waals surface area contributed by atoms with Gasteiger partial charge in [0.05, 0.1) is 40.2 Å². The maximum atomic E-state index is 9.33. The molecular weight excluding hydrogens is 296 g/mol. The van der Waals surface area contributed by atoms with Crippen LogP contribution in [0.1, 0.15) is 16.7 Å². The molecule has 0 unspecified atom stereocenters. The van der Waals surface area contributed by atoms with Crippen LogP contribution in [0.2, 0.25) is 0 Å². The Bertz CT molecular complexity index is 1010. The van der Waals surface area contributed by atoms with Crippen molar-refractivity contribution in [2.75, 3.05) is 0 Å². The monoisotopic (exact) mass is 306 g/mol. The summed E-state index contributed by atoms with van der Waals surface area (Å²) in [6.07, 6.45) is 0. The van der Waals surface area contributed by atoms with E-state index in [1.54, 1.807) is 48.5 Å². The molecule has 0 amide bonds. The molecule has 0 fully saturated rings. The average molecular weight is 306 g/mol. The second-order valence-corrected chi connectivity index (χ2v) is 5.08. The van der Waals surface area contributed by atoms with Crippen LogP contribution in [0, 0.1) is 34.0 Å². The van der Waals surface area contributed by atoms with Crippen LogP contribution in [-0.2, 0) is 0 Å². The van der Waals surface area contributed by atoms with Crippen LogP contribution in [0.4, 0.5) is 0 Å². The van der Waals surface area contributed by atoms with Crippen molar-refractivity contribution in [1.82, 2.24) is 4.98 Å². The molecule has 24 heavy (non-hydrogen) atoms. The van der Waals surface area contributed by atoms with Gasteiger partial charge >= 0.3 is 0 Å². The zero-order valence-corrected chi connectivity index (χ0v) is 12.6. The molecule has 0 saturated heterocycles. The number of hydrogen-bond donors (Lipinski definition) is 0. The van der Waals surface area contributed by atoms with Crippen molar-refractivity contribution in [1.29, 1.82) is 15.8 Å². The molecule has 0 aliphatic carbocycles. The van der Waals surface area contributed by atoms with E-state index in [1.807, 2.05) is 12.1 Å². The molecule has 3 aromatic rings. The minimum atomic E-state index is 0.470. The zero-order chi connectivity index (χ0) is 16.9. The van der Waals surface area contributed by atoms with E-state index in [0.717, 1.165) is 16.8 Å². The largest absolute Gasteiger partial charge is 0.246 e. The lowest BCUT2D eigenvalue weighted by atomic mass is 10.0. The fourth-order valence-electron chi connectivity index (χ4n) is 2.35. The molecular formula is C20H10N4. The third-order valence-corrected chi connectivity index (χ3v) is 3.61. The maximum Gasteiger partial charge on any atom is 0.101 e. The summed E-state index contributed by atoms with van der Waals surface area (Å²) in [5.41, 5.74) is 4.55. The van der Waals surface area contributed by atoms with Gasteiger partial charge in [-0.3, -0.25) is 0 Å². The Labute approximate surface area is 139 Å². The third kappa shape index (κ3) is 2.83. The summed E-state index contributed by atoms with van der Waals surface area (Å²) >= 11 is 0. The van der Waals surface area contributed by atoms with Crippen LogP contribution < -0.4 is 0 Å². The lowest BCUT2D eigenvalue weighted by Gasteiger charge is -2.07. The van der Waals surface area contributed by atoms with Crippen molar-refractivity contribution >= 4 is 0 Å². The zero-order valence-electron chi connectivity index (χ0n) is 12.6. The van der Waals surface area contributed by atoms with Crippen LogP contribution in [0.15, 0.2) is 60.7 Å². The van der Waals surface area contributed by atoms with E-state index in [0.29, 0.717) is 22.4 Å². The second-order valence-electron chi connectivity index (χ2n) is 5.08. The standard InChI is InChI=1S/C20H10N4/c21-11-14-1-5-16(6-2-14)19-10-9-18(13-23)20(24-19)17-7-3-15(12-22)4-8-17/h1-10H. The summed E-state index contributed by atoms with van der Waals surface area (Å²) in [4.78, 5) is 4.61. The minimum Gasteiger partial charge on any atom is -0.246 e. The van der Waals surface area contributed by atoms with Crippen molar-refractivity contribution in [3.8, 4) is 40.7 Å². The Kier molecular flexibility index (Phi) is 4.02. The molecule has 4 nitrogen and oxygen atoms in total. The van der Waals surface area contributed by atoms with Gasteiger partial charge in [-0.05, 0) is 36.4 Å². The molecule has 3 rings (SSSR count). The van der Waals surface area contributed by atoms with Gasteiger partial charge in [-0.25, -0.2) is 4.98 Å². The van der Waals surface area contributed by atoms with Crippen LogP contribution in [0.3, 0.4) is 0 Å². The molecule has 4 heteroatoms. The first kappa shape index (κ1) is 15.0. The first-order valence-electron chi connectivity index (χ1n) is 7.17. The van der Waals surface area contributed by atoms with E-state index in [4.69, 9.17) is 10.5 Å². The molecule has 0 aliphatic rings. The molecule has 0 bridgehead atoms. The summed E-state index contributed by atoms with van der Waals surface area (Å²) in [7, 11) is 0. The molecule has 0 saturated carbocycles. The lowest BCUT2D eigenvalue weighted by molar-refractivity contribution is 1.30. The smallest absolute Gasteiger partial charge is 0.101 e. The summed E-state index contributed by atoms with van der Waals surface area (Å²) in [6, 6.07) is 23.9. The number of benzene rings is 2. The summed E-state index contributed by atoms with van der Waals surface area (Å²) in [5.74, 6) is 0. The highest BCUT2D eigenvalue weighted by Gasteiger charge is 2.10. The SMILES string of the molecule is N#Cc1ccc(-c2ccc(C#N)c(-c3ccc(C#N)cc3)n2)cc1. The Morgan fingerprint density at radius 3 is 1.62 bits per heavy atom. The van der Waals surface area contributed by atoms with Gasteiger partial charge in [0.15, 0.2) is 0 Å². The predicted octanol–water partition coefficient (Wildman–Crippen LogP) is 4.03. The first-order chi connectivity index (χ1) is 11.7. The summed E-state index contributed by atoms with van der Waals surface area (Å²) in [6.45, 7) is 0. The van der Waals surface area contributed by atoms with Crippen LogP contribution >= 0.6 is 0 Å². The number of nitriles is 3. The second kappa shape index (κ2) is 6.44. The van der Waals surface area contributed by atoms with Gasteiger partial charge in [-0.1, -0.05) is 24.3 Å². The van der Waals surface area contributed by atoms with Gasteiger partial charge in [0, 0.05) is 11.1 Å². The molecule has 2 aromatic carbocycles. The van der Waals surface area contributed by atoms with Gasteiger partial charge in [0.2, 0.25) is 0 Å². The van der Waals surface area contributed by atoms with Gasteiger partial charge < -0.3 is 0 Å². The number of aromatic nitrogens is 1. The number of pyridine rings is 1. The predicted molar refractivity (Wildman–Crippen MR) is 89.3 cm³/mol. The quantitative estimate of drug-likeness (QED) is 0.715. The van der Waals surface area contributed by atoms with E-state index in [1.165, 1.54) is 0 Å². The highest BCUT2D eigenvalue weighted by Crippen LogP contribution is 2.26. The van der Waals surface area contributed by atoms with Gasteiger partial charge in [-0.15, -0.1) is 0 Å². The van der Waals surface area contributed by atoms with E-state index < -0.39 is 0 Å². The summed E-state index contributed by atoms with van der Waals surface area (Å²) in [5, 5.41) is 27.1. The first-order valence-corrected chi connectivity index (χ1v) is 7.17. The number of nitrogens with zero attached hydrogens (tertiary/aromatic N) is 4. The van der Waals surface area contributed by atoms with Gasteiger partial charge in [-0.2, -0.15) is 15.8 Å². The lowest BCUT2D eigenvalue weighted by Crippen LogP contribution is -1.93. The normalized spacial score (nSPS) is 9.54. The highest BCUT2D eigenvalue weighted by molar-refractivity contribution is 5.71. The van der Waals surface area contributed by atoms with Crippen molar-refractivity contribution in [3.05, 3.63) is 77.4 Å². The molecule has 110 valence electrons. The Balaban J connectivity index is 2.09. The number of rotatable bonds is 2. The van der Waals surface area contributed by atoms with Crippen LogP contribution in [-0.4, -0.2) is 4.98 Å². The maximum absolute atomic E-state index is 9.33. The Morgan fingerprint density at radius 1 is 0.583 bits per heavy atom. The molecule has 1 heterocycles. The van der Waals surface area contributed by atoms with E-state index >= 15 is 0 Å². The molecule has 0 N–H and O–H groups in total. The van der Waals surface area contributed by atoms with E-state index in [9.17, 15) is 5.26 Å². The average Bonchev–Trinajstić information content (AvgIpc) is 2.67. The van der Waals surface area contributed by atoms with Gasteiger partial charge in [0.1, 0.15) is 6.07 Å². The molecule has 0 aliphatic heterocycles. The van der Waals surface area contributed by atoms with E-state index in [-0.39, 0.29) is 0 Å². The summed E-state index contributed by atoms with van der Waals surface area (Å²) < 4.78 is 0. The van der Waals surface area contributed by atoms with Crippen LogP contribution in [0.25, 0.3) is 22.5 Å². The topological polar surface area (TPSA) is 84.3 Å². The number of hydrogen-bond acceptors (Lipinski definition) is 4. The molecule has 1 aromatic heterocycles. The Hall–Kier alpha value is -3.94. The van der Waals surface area contributed by atoms with Gasteiger partial charge in [0.25, 0.3) is 0 Å².